The number of carboxylic acids is 1. The number of hydrogen-bond acceptors (Lipinski definition) is 7. The van der Waals surface area contributed by atoms with Gasteiger partial charge in [-0.05, 0) is 56.4 Å². The fraction of sp³-hybridized carbons (Fsp3) is 0.591. The largest absolute Gasteiger partial charge is 0.507 e. The van der Waals surface area contributed by atoms with E-state index in [2.05, 4.69) is 15.4 Å². The number of rotatable bonds is 15. The summed E-state index contributed by atoms with van der Waals surface area (Å²) in [5.41, 5.74) is 1.01. The van der Waals surface area contributed by atoms with E-state index in [4.69, 9.17) is 9.84 Å². The molecule has 2 N–H and O–H groups in total. The van der Waals surface area contributed by atoms with Crippen LogP contribution in [-0.2, 0) is 24.2 Å². The second kappa shape index (κ2) is 12.7. The lowest BCUT2D eigenvalue weighted by molar-refractivity contribution is -0.137. The van der Waals surface area contributed by atoms with Gasteiger partial charge in [-0.3, -0.25) is 9.59 Å². The first-order chi connectivity index (χ1) is 14.9. The lowest BCUT2D eigenvalue weighted by Crippen LogP contribution is -2.05. The molecule has 1 aromatic carbocycles. The van der Waals surface area contributed by atoms with Crippen LogP contribution >= 0.6 is 0 Å². The molecule has 0 unspecified atom stereocenters. The minimum absolute atomic E-state index is 0.0237. The maximum Gasteiger partial charge on any atom is 0.303 e. The Bertz CT molecular complexity index is 866. The predicted octanol–water partition coefficient (Wildman–Crippen LogP) is 3.58. The van der Waals surface area contributed by atoms with Gasteiger partial charge in [0.05, 0.1) is 18.7 Å². The molecule has 0 radical (unpaired) electrons. The Hall–Kier alpha value is -2.97. The van der Waals surface area contributed by atoms with Gasteiger partial charge in [-0.25, -0.2) is 0 Å². The zero-order chi connectivity index (χ0) is 22.6. The molecule has 31 heavy (non-hydrogen) atoms. The number of carbonyl (C=O) groups excluding carboxylic acids is 1. The number of aliphatic carboxylic acids is 1. The minimum atomic E-state index is -0.767. The summed E-state index contributed by atoms with van der Waals surface area (Å²) < 4.78 is 5.87. The molecule has 9 nitrogen and oxygen atoms in total. The molecule has 0 atom stereocenters. The van der Waals surface area contributed by atoms with Crippen molar-refractivity contribution in [3.05, 3.63) is 29.1 Å². The Balaban J connectivity index is 1.73. The number of carboxylic acid groups (broad SMARTS) is 1. The average molecular weight is 433 g/mol. The van der Waals surface area contributed by atoms with Crippen molar-refractivity contribution in [3.63, 3.8) is 0 Å². The molecule has 1 heterocycles. The van der Waals surface area contributed by atoms with Crippen molar-refractivity contribution in [3.8, 4) is 11.5 Å². The van der Waals surface area contributed by atoms with Crippen molar-refractivity contribution in [1.82, 2.24) is 20.2 Å². The van der Waals surface area contributed by atoms with E-state index >= 15 is 0 Å². The molecule has 0 amide bonds. The number of phenolic OH excluding ortho intramolecular Hbond substituents is 1. The number of ether oxygens (including phenoxy) is 1. The SMILES string of the molecule is CCCc1c(OCCCCc2nnn(CCCCCC(=O)O)n2)ccc(C(C)=O)c1O. The van der Waals surface area contributed by atoms with E-state index in [9.17, 15) is 14.7 Å². The molecular weight excluding hydrogens is 400 g/mol. The van der Waals surface area contributed by atoms with Crippen molar-refractivity contribution in [1.29, 1.82) is 0 Å². The highest BCUT2D eigenvalue weighted by molar-refractivity contribution is 5.97. The summed E-state index contributed by atoms with van der Waals surface area (Å²) in [5.74, 6) is 0.395. The van der Waals surface area contributed by atoms with Gasteiger partial charge >= 0.3 is 5.97 Å². The summed E-state index contributed by atoms with van der Waals surface area (Å²) >= 11 is 0. The summed E-state index contributed by atoms with van der Waals surface area (Å²) in [7, 11) is 0. The van der Waals surface area contributed by atoms with E-state index in [1.807, 2.05) is 6.92 Å². The van der Waals surface area contributed by atoms with Crippen molar-refractivity contribution >= 4 is 11.8 Å². The zero-order valence-corrected chi connectivity index (χ0v) is 18.3. The highest BCUT2D eigenvalue weighted by atomic mass is 16.5. The Labute approximate surface area is 182 Å². The molecule has 0 aliphatic carbocycles. The number of aryl methyl sites for hydroxylation is 2. The number of hydrogen-bond donors (Lipinski definition) is 2. The van der Waals surface area contributed by atoms with Crippen LogP contribution in [0.25, 0.3) is 0 Å². The summed E-state index contributed by atoms with van der Waals surface area (Å²) in [5, 5.41) is 31.5. The Kier molecular flexibility index (Phi) is 9.93. The zero-order valence-electron chi connectivity index (χ0n) is 18.3. The van der Waals surface area contributed by atoms with Gasteiger partial charge in [0.2, 0.25) is 0 Å². The Morgan fingerprint density at radius 3 is 2.61 bits per heavy atom. The molecule has 0 spiro atoms. The molecule has 0 saturated heterocycles. The number of tetrazole rings is 1. The third-order valence-electron chi connectivity index (χ3n) is 4.91. The van der Waals surface area contributed by atoms with Gasteiger partial charge < -0.3 is 14.9 Å². The monoisotopic (exact) mass is 432 g/mol. The minimum Gasteiger partial charge on any atom is -0.507 e. The van der Waals surface area contributed by atoms with Crippen molar-refractivity contribution in [2.75, 3.05) is 6.61 Å². The third-order valence-corrected chi connectivity index (χ3v) is 4.91. The van der Waals surface area contributed by atoms with Gasteiger partial charge in [0.25, 0.3) is 0 Å². The lowest BCUT2D eigenvalue weighted by Gasteiger charge is -2.14. The number of aromatic nitrogens is 4. The Morgan fingerprint density at radius 1 is 1.10 bits per heavy atom. The lowest BCUT2D eigenvalue weighted by atomic mass is 10.0. The maximum absolute atomic E-state index is 11.6. The van der Waals surface area contributed by atoms with Gasteiger partial charge in [0, 0.05) is 18.4 Å². The molecule has 0 saturated carbocycles. The van der Waals surface area contributed by atoms with E-state index in [1.165, 1.54) is 6.92 Å². The van der Waals surface area contributed by atoms with Gasteiger partial charge in [0.15, 0.2) is 11.6 Å². The fourth-order valence-electron chi connectivity index (χ4n) is 3.27. The summed E-state index contributed by atoms with van der Waals surface area (Å²) in [6.07, 6.45) is 6.31. The molecule has 0 bridgehead atoms. The molecule has 0 fully saturated rings. The fourth-order valence-corrected chi connectivity index (χ4v) is 3.27. The van der Waals surface area contributed by atoms with Crippen molar-refractivity contribution < 1.29 is 24.5 Å². The van der Waals surface area contributed by atoms with Gasteiger partial charge in [-0.15, -0.1) is 10.2 Å². The number of phenols is 1. The first-order valence-corrected chi connectivity index (χ1v) is 10.9. The van der Waals surface area contributed by atoms with E-state index in [1.54, 1.807) is 16.9 Å². The van der Waals surface area contributed by atoms with Crippen LogP contribution in [0.1, 0.15) is 80.5 Å². The number of nitrogens with zero attached hydrogens (tertiary/aromatic N) is 4. The van der Waals surface area contributed by atoms with Crippen LogP contribution in [0.4, 0.5) is 0 Å². The molecule has 0 aliphatic rings. The summed E-state index contributed by atoms with van der Waals surface area (Å²) in [6.45, 7) is 4.58. The van der Waals surface area contributed by atoms with Gasteiger partial charge in [-0.2, -0.15) is 4.80 Å². The van der Waals surface area contributed by atoms with Crippen LogP contribution in [0, 0.1) is 0 Å². The van der Waals surface area contributed by atoms with E-state index < -0.39 is 5.97 Å². The molecule has 2 rings (SSSR count). The van der Waals surface area contributed by atoms with Crippen LogP contribution < -0.4 is 4.74 Å². The van der Waals surface area contributed by atoms with E-state index in [0.29, 0.717) is 55.1 Å². The number of aromatic hydroxyl groups is 1. The maximum atomic E-state index is 11.6. The molecule has 0 aliphatic heterocycles. The number of benzene rings is 1. The Morgan fingerprint density at radius 2 is 1.90 bits per heavy atom. The smallest absolute Gasteiger partial charge is 0.303 e. The number of unbranched alkanes of at least 4 members (excludes halogenated alkanes) is 3. The molecule has 1 aromatic heterocycles. The first-order valence-electron chi connectivity index (χ1n) is 10.9. The number of carbonyl (C=O) groups is 2. The van der Waals surface area contributed by atoms with Gasteiger partial charge in [0.1, 0.15) is 11.5 Å². The number of ketones is 1. The second-order valence-corrected chi connectivity index (χ2v) is 7.56. The second-order valence-electron chi connectivity index (χ2n) is 7.56. The van der Waals surface area contributed by atoms with E-state index in [0.717, 1.165) is 32.1 Å². The first kappa shape index (κ1) is 24.3. The number of Topliss-reactive ketones (excluding diaryl/α,β-unsaturated/α-hetero) is 1. The van der Waals surface area contributed by atoms with E-state index in [-0.39, 0.29) is 18.0 Å². The molecule has 170 valence electrons. The topological polar surface area (TPSA) is 127 Å². The summed E-state index contributed by atoms with van der Waals surface area (Å²) in [4.78, 5) is 23.7. The third kappa shape index (κ3) is 7.99. The van der Waals surface area contributed by atoms with Crippen LogP contribution in [0.5, 0.6) is 11.5 Å². The van der Waals surface area contributed by atoms with Crippen molar-refractivity contribution in [2.45, 2.75) is 78.2 Å². The average Bonchev–Trinajstić information content (AvgIpc) is 3.17. The summed E-state index contributed by atoms with van der Waals surface area (Å²) in [6, 6.07) is 3.36. The molecular formula is C22H32N4O5. The van der Waals surface area contributed by atoms with Gasteiger partial charge in [-0.1, -0.05) is 19.8 Å². The van der Waals surface area contributed by atoms with Crippen LogP contribution in [0.15, 0.2) is 12.1 Å². The standard InChI is InChI=1S/C22H32N4O5/c1-3-9-18-19(13-12-17(16(2)27)22(18)30)31-15-8-6-10-20-23-25-26(24-20)14-7-4-5-11-21(28)29/h12-13,30H,3-11,14-15H2,1-2H3,(H,28,29). The highest BCUT2D eigenvalue weighted by Crippen LogP contribution is 2.33. The molecule has 9 heteroatoms. The van der Waals surface area contributed by atoms with Crippen LogP contribution in [0.2, 0.25) is 0 Å². The van der Waals surface area contributed by atoms with Crippen LogP contribution in [0.3, 0.4) is 0 Å². The highest BCUT2D eigenvalue weighted by Gasteiger charge is 2.15. The van der Waals surface area contributed by atoms with Crippen LogP contribution in [-0.4, -0.2) is 48.8 Å². The predicted molar refractivity (Wildman–Crippen MR) is 114 cm³/mol. The molecule has 2 aromatic rings. The quantitative estimate of drug-likeness (QED) is 0.323. The van der Waals surface area contributed by atoms with Crippen molar-refractivity contribution in [2.24, 2.45) is 0 Å². The normalized spacial score (nSPS) is 10.9.